The topological polar surface area (TPSA) is 207 Å². The van der Waals surface area contributed by atoms with E-state index in [2.05, 4.69) is 26.3 Å². The summed E-state index contributed by atoms with van der Waals surface area (Å²) in [6, 6.07) is 12.6. The highest BCUT2D eigenvalue weighted by atomic mass is 16.5. The SMILES string of the molecule is Cc1cn(CC(=O)Nc2ccc3c(c2)C(=O)NCCC(=O)N[C@@H](Cc2ccccc2)C(=O)NC(CCCCN)CO3)c(=O)[nH]c1=O. The summed E-state index contributed by atoms with van der Waals surface area (Å²) in [6.45, 7) is 1.64. The molecule has 1 unspecified atom stereocenters. The van der Waals surface area contributed by atoms with Crippen LogP contribution in [0.1, 0.15) is 47.2 Å². The van der Waals surface area contributed by atoms with Crippen molar-refractivity contribution in [1.29, 1.82) is 0 Å². The lowest BCUT2D eigenvalue weighted by Crippen LogP contribution is -2.52. The van der Waals surface area contributed by atoms with E-state index in [4.69, 9.17) is 10.5 Å². The minimum Gasteiger partial charge on any atom is -0.491 e. The Bertz CT molecular complexity index is 1670. The minimum atomic E-state index is -0.833. The van der Waals surface area contributed by atoms with Crippen molar-refractivity contribution in [2.75, 3.05) is 25.0 Å². The molecule has 244 valence electrons. The van der Waals surface area contributed by atoms with Gasteiger partial charge in [-0.1, -0.05) is 36.8 Å². The number of ether oxygens (including phenoxy) is 1. The number of hydrogen-bond donors (Lipinski definition) is 6. The van der Waals surface area contributed by atoms with Gasteiger partial charge < -0.3 is 31.7 Å². The average molecular weight is 634 g/mol. The lowest BCUT2D eigenvalue weighted by atomic mass is 10.0. The standard InChI is InChI=1S/C32H39N7O7/c1-20-17-39(32(45)38-29(20)42)18-28(41)35-22-10-11-26-24(16-22)30(43)34-14-12-27(40)37-25(15-21-7-3-2-4-8-21)31(44)36-23(19-46-26)9-5-6-13-33/h2-4,7-8,10-11,16-17,23,25H,5-6,9,12-15,18-19,33H2,1H3,(H,34,43)(H,35,41)(H,36,44)(H,37,40)(H,38,42,45)/t23?,25-/m0/s1. The summed E-state index contributed by atoms with van der Waals surface area (Å²) in [5, 5.41) is 11.2. The molecule has 0 bridgehead atoms. The number of nitrogens with two attached hydrogens (primary N) is 1. The van der Waals surface area contributed by atoms with E-state index in [1.165, 1.54) is 25.3 Å². The number of aromatic nitrogens is 2. The van der Waals surface area contributed by atoms with Crippen molar-refractivity contribution in [2.45, 2.75) is 57.7 Å². The quantitative estimate of drug-likeness (QED) is 0.181. The van der Waals surface area contributed by atoms with Crippen molar-refractivity contribution < 1.29 is 23.9 Å². The van der Waals surface area contributed by atoms with Crippen LogP contribution >= 0.6 is 0 Å². The number of amides is 4. The van der Waals surface area contributed by atoms with E-state index in [0.29, 0.717) is 13.0 Å². The lowest BCUT2D eigenvalue weighted by molar-refractivity contribution is -0.129. The third kappa shape index (κ3) is 9.63. The van der Waals surface area contributed by atoms with Crippen LogP contribution in [0.25, 0.3) is 0 Å². The van der Waals surface area contributed by atoms with Gasteiger partial charge >= 0.3 is 5.69 Å². The van der Waals surface area contributed by atoms with Crippen molar-refractivity contribution in [3.8, 4) is 5.75 Å². The zero-order chi connectivity index (χ0) is 33.1. The van der Waals surface area contributed by atoms with Crippen LogP contribution in [0.4, 0.5) is 5.69 Å². The normalized spacial score (nSPS) is 17.4. The second-order valence-electron chi connectivity index (χ2n) is 11.1. The molecule has 0 saturated heterocycles. The Morgan fingerprint density at radius 2 is 1.83 bits per heavy atom. The molecule has 46 heavy (non-hydrogen) atoms. The van der Waals surface area contributed by atoms with Gasteiger partial charge in [0.1, 0.15) is 24.9 Å². The van der Waals surface area contributed by atoms with Crippen LogP contribution < -0.4 is 43.0 Å². The molecule has 3 aromatic rings. The maximum atomic E-state index is 13.5. The van der Waals surface area contributed by atoms with E-state index in [9.17, 15) is 28.8 Å². The third-order valence-electron chi connectivity index (χ3n) is 7.38. The summed E-state index contributed by atoms with van der Waals surface area (Å²) < 4.78 is 7.14. The molecular formula is C32H39N7O7. The number of rotatable bonds is 9. The summed E-state index contributed by atoms with van der Waals surface area (Å²) in [6.07, 6.45) is 3.50. The summed E-state index contributed by atoms with van der Waals surface area (Å²) in [5.74, 6) is -1.65. The van der Waals surface area contributed by atoms with E-state index in [0.717, 1.165) is 23.0 Å². The van der Waals surface area contributed by atoms with Crippen molar-refractivity contribution in [3.63, 3.8) is 0 Å². The first-order valence-electron chi connectivity index (χ1n) is 15.1. The molecule has 1 aliphatic rings. The smallest absolute Gasteiger partial charge is 0.328 e. The Hall–Kier alpha value is -5.24. The van der Waals surface area contributed by atoms with Gasteiger partial charge in [0, 0.05) is 36.8 Å². The van der Waals surface area contributed by atoms with Gasteiger partial charge in [-0.05, 0) is 50.1 Å². The summed E-state index contributed by atoms with van der Waals surface area (Å²) in [7, 11) is 0. The first-order valence-corrected chi connectivity index (χ1v) is 15.1. The van der Waals surface area contributed by atoms with Crippen molar-refractivity contribution in [1.82, 2.24) is 25.5 Å². The second kappa shape index (κ2) is 16.2. The predicted octanol–water partition coefficient (Wildman–Crippen LogP) is 0.337. The third-order valence-corrected chi connectivity index (χ3v) is 7.38. The van der Waals surface area contributed by atoms with E-state index in [-0.39, 0.29) is 61.0 Å². The molecular weight excluding hydrogens is 594 g/mol. The predicted molar refractivity (Wildman–Crippen MR) is 170 cm³/mol. The largest absolute Gasteiger partial charge is 0.491 e. The molecule has 0 spiro atoms. The molecule has 2 aromatic carbocycles. The Balaban J connectivity index is 1.55. The highest BCUT2D eigenvalue weighted by Gasteiger charge is 2.25. The van der Waals surface area contributed by atoms with Crippen LogP contribution in [-0.4, -0.2) is 65.0 Å². The fourth-order valence-corrected chi connectivity index (χ4v) is 4.94. The summed E-state index contributed by atoms with van der Waals surface area (Å²) in [4.78, 5) is 78.2. The van der Waals surface area contributed by atoms with Crippen LogP contribution in [0.3, 0.4) is 0 Å². The number of carbonyl (C=O) groups excluding carboxylic acids is 4. The maximum Gasteiger partial charge on any atom is 0.328 e. The van der Waals surface area contributed by atoms with Gasteiger partial charge in [-0.15, -0.1) is 0 Å². The van der Waals surface area contributed by atoms with Crippen molar-refractivity contribution in [3.05, 3.63) is 92.3 Å². The minimum absolute atomic E-state index is 0.0173. The molecule has 2 atom stereocenters. The number of H-pyrrole nitrogens is 1. The van der Waals surface area contributed by atoms with Crippen LogP contribution in [0.5, 0.6) is 5.75 Å². The fourth-order valence-electron chi connectivity index (χ4n) is 4.94. The summed E-state index contributed by atoms with van der Waals surface area (Å²) in [5.41, 5.74) is 5.92. The van der Waals surface area contributed by atoms with Gasteiger partial charge in [0.2, 0.25) is 17.7 Å². The van der Waals surface area contributed by atoms with E-state index >= 15 is 0 Å². The molecule has 1 aliphatic heterocycles. The lowest BCUT2D eigenvalue weighted by Gasteiger charge is -2.25. The first-order chi connectivity index (χ1) is 22.1. The fraction of sp³-hybridized carbons (Fsp3) is 0.375. The highest BCUT2D eigenvalue weighted by molar-refractivity contribution is 5.99. The molecule has 4 rings (SSSR count). The molecule has 0 fully saturated rings. The summed E-state index contributed by atoms with van der Waals surface area (Å²) >= 11 is 0. The number of aromatic amines is 1. The van der Waals surface area contributed by atoms with Gasteiger partial charge in [-0.2, -0.15) is 0 Å². The van der Waals surface area contributed by atoms with Crippen LogP contribution in [0, 0.1) is 6.92 Å². The van der Waals surface area contributed by atoms with E-state index in [1.54, 1.807) is 6.07 Å². The number of nitrogens with zero attached hydrogens (tertiary/aromatic N) is 1. The zero-order valence-electron chi connectivity index (χ0n) is 25.6. The molecule has 4 amide bonds. The molecule has 14 nitrogen and oxygen atoms in total. The van der Waals surface area contributed by atoms with E-state index in [1.807, 2.05) is 30.3 Å². The van der Waals surface area contributed by atoms with Crippen LogP contribution in [0.15, 0.2) is 64.3 Å². The maximum absolute atomic E-state index is 13.5. The zero-order valence-corrected chi connectivity index (χ0v) is 25.6. The monoisotopic (exact) mass is 633 g/mol. The Morgan fingerprint density at radius 3 is 2.59 bits per heavy atom. The number of nitrogens with one attached hydrogen (secondary N) is 5. The van der Waals surface area contributed by atoms with E-state index < -0.39 is 41.1 Å². The number of anilines is 1. The molecule has 1 aromatic heterocycles. The van der Waals surface area contributed by atoms with Gasteiger partial charge in [0.25, 0.3) is 11.5 Å². The Labute approximate surface area is 265 Å². The first kappa shape index (κ1) is 33.6. The Kier molecular flexibility index (Phi) is 11.8. The van der Waals surface area contributed by atoms with Gasteiger partial charge in [-0.3, -0.25) is 33.5 Å². The number of benzene rings is 2. The molecule has 14 heteroatoms. The number of fused-ring (bicyclic) bond motifs is 1. The van der Waals surface area contributed by atoms with Crippen molar-refractivity contribution in [2.24, 2.45) is 5.73 Å². The highest BCUT2D eigenvalue weighted by Crippen LogP contribution is 2.24. The van der Waals surface area contributed by atoms with Gasteiger partial charge in [0.15, 0.2) is 0 Å². The van der Waals surface area contributed by atoms with Gasteiger partial charge in [0.05, 0.1) is 11.6 Å². The molecule has 2 heterocycles. The molecule has 0 radical (unpaired) electrons. The number of aryl methyl sites for hydroxylation is 1. The van der Waals surface area contributed by atoms with Crippen molar-refractivity contribution >= 4 is 29.3 Å². The Morgan fingerprint density at radius 1 is 1.04 bits per heavy atom. The molecule has 0 saturated carbocycles. The molecule has 0 aliphatic carbocycles. The van der Waals surface area contributed by atoms with Crippen LogP contribution in [0.2, 0.25) is 0 Å². The number of unbranched alkanes of at least 4 members (excludes halogenated alkanes) is 1. The number of hydrogen-bond acceptors (Lipinski definition) is 8. The molecule has 7 N–H and O–H groups in total. The second-order valence-corrected chi connectivity index (χ2v) is 11.1. The number of carbonyl (C=O) groups is 4. The average Bonchev–Trinajstić information content (AvgIpc) is 3.02. The van der Waals surface area contributed by atoms with Crippen LogP contribution in [-0.2, 0) is 27.3 Å². The van der Waals surface area contributed by atoms with Gasteiger partial charge in [-0.25, -0.2) is 4.79 Å².